The van der Waals surface area contributed by atoms with Crippen molar-refractivity contribution >= 4 is 0 Å². The molecule has 0 aliphatic carbocycles. The Kier molecular flexibility index (Phi) is 14.9. The Morgan fingerprint density at radius 3 is 1.44 bits per heavy atom. The summed E-state index contributed by atoms with van der Waals surface area (Å²) in [4.78, 5) is 23.9. The van der Waals surface area contributed by atoms with Crippen LogP contribution in [0, 0.1) is 30.3 Å². The van der Waals surface area contributed by atoms with Crippen molar-refractivity contribution in [2.75, 3.05) is 0 Å². The molecule has 0 N–H and O–H groups in total. The summed E-state index contributed by atoms with van der Waals surface area (Å²) < 4.78 is 6.92. The maximum absolute atomic E-state index is 6.92. The number of nitrogens with zero attached hydrogens (tertiary/aromatic N) is 5. The zero-order valence-electron chi connectivity index (χ0n) is 41.1. The van der Waals surface area contributed by atoms with E-state index >= 15 is 0 Å². The summed E-state index contributed by atoms with van der Waals surface area (Å²) in [5.74, 6) is 1.55. The third-order valence-electron chi connectivity index (χ3n) is 13.5. The molecule has 12 aromatic rings. The first-order valence-corrected chi connectivity index (χ1v) is 24.9. The van der Waals surface area contributed by atoms with E-state index in [9.17, 15) is 0 Å². The Hall–Kier alpha value is -8.57. The third kappa shape index (κ3) is 10.7. The Bertz CT molecular complexity index is 3900. The molecule has 0 spiro atoms. The van der Waals surface area contributed by atoms with Crippen LogP contribution in [-0.2, 0) is 54.0 Å². The Morgan fingerprint density at radius 1 is 0.364 bits per heavy atom. The first-order chi connectivity index (χ1) is 37.1. The smallest absolute Gasteiger partial charge is 0.515 e. The van der Waals surface area contributed by atoms with Crippen molar-refractivity contribution in [1.29, 1.82) is 0 Å². The molecule has 8 bridgehead atoms. The molecule has 0 atom stereocenters. The maximum Gasteiger partial charge on any atom is 3.00 e. The van der Waals surface area contributed by atoms with Crippen molar-refractivity contribution < 1.29 is 45.9 Å². The van der Waals surface area contributed by atoms with E-state index in [2.05, 4.69) is 174 Å². The van der Waals surface area contributed by atoms with E-state index in [-0.39, 0.29) is 41.2 Å². The molecule has 0 unspecified atom stereocenters. The zero-order chi connectivity index (χ0) is 49.9. The van der Waals surface area contributed by atoms with Crippen LogP contribution in [0.4, 0.5) is 0 Å². The largest absolute Gasteiger partial charge is 3.00 e. The third-order valence-corrected chi connectivity index (χ3v) is 13.5. The number of aryl methyl sites for hydroxylation is 2. The standard InChI is InChI=1S/C69H42N5O.Ir.Pt/c1-3-18-60(58(16-1)46-25-29-48(30-26-46)65-22-7-9-38-70-65)52-41-53(61-19-4-2-17-59(61)47-27-31-49(32-28-47)66-23-8-10-39-71-66)43-54(42-52)62-20-5-6-21-63(62)64-36-33-51-45-68(64)75-57-15-11-13-50(44-57)67-24-12-14-55(73-67)34-35-56-37-40-72-69(51)74-56;;/h1-29,31,36-43H,34-35H2;;/q-5;+3;+2. The Balaban J connectivity index is 0.00000315. The van der Waals surface area contributed by atoms with E-state index in [1.54, 1.807) is 6.20 Å². The monoisotopic (exact) mass is 1340 g/mol. The summed E-state index contributed by atoms with van der Waals surface area (Å²) in [6, 6.07) is 90.7. The van der Waals surface area contributed by atoms with Crippen LogP contribution in [0.1, 0.15) is 11.4 Å². The van der Waals surface area contributed by atoms with Gasteiger partial charge in [-0.15, -0.1) is 89.0 Å². The second-order valence-corrected chi connectivity index (χ2v) is 18.3. The summed E-state index contributed by atoms with van der Waals surface area (Å²) in [5, 5.41) is 0. The first-order valence-electron chi connectivity index (χ1n) is 24.9. The Labute approximate surface area is 476 Å². The minimum atomic E-state index is 0. The van der Waals surface area contributed by atoms with Crippen LogP contribution in [0.3, 0.4) is 0 Å². The molecular weight excluding hydrogens is 1300 g/mol. The van der Waals surface area contributed by atoms with E-state index in [4.69, 9.17) is 19.7 Å². The van der Waals surface area contributed by atoms with Gasteiger partial charge < -0.3 is 29.7 Å². The molecule has 368 valence electrons. The van der Waals surface area contributed by atoms with Crippen molar-refractivity contribution in [3.63, 3.8) is 0 Å². The molecule has 0 radical (unpaired) electrons. The van der Waals surface area contributed by atoms with Gasteiger partial charge in [-0.1, -0.05) is 143 Å². The number of aromatic nitrogens is 5. The van der Waals surface area contributed by atoms with Gasteiger partial charge in [-0.2, -0.15) is 0 Å². The second-order valence-electron chi connectivity index (χ2n) is 18.3. The summed E-state index contributed by atoms with van der Waals surface area (Å²) in [6.45, 7) is 0. The van der Waals surface area contributed by atoms with Gasteiger partial charge in [-0.25, -0.2) is 17.7 Å². The van der Waals surface area contributed by atoms with Crippen molar-refractivity contribution in [2.24, 2.45) is 0 Å². The number of hydrogen-bond acceptors (Lipinski definition) is 6. The van der Waals surface area contributed by atoms with E-state index in [0.717, 1.165) is 118 Å². The molecule has 0 fully saturated rings. The fraction of sp³-hybridized carbons (Fsp3) is 0.0290. The van der Waals surface area contributed by atoms with Crippen molar-refractivity contribution in [3.05, 3.63) is 273 Å². The molecule has 1 aliphatic rings. The number of pyridine rings is 3. The quantitative estimate of drug-likeness (QED) is 0.141. The number of ether oxygens (including phenoxy) is 1. The van der Waals surface area contributed by atoms with Crippen LogP contribution in [0.2, 0.25) is 0 Å². The molecule has 8 heteroatoms. The van der Waals surface area contributed by atoms with Gasteiger partial charge in [0.25, 0.3) is 0 Å². The number of rotatable bonds is 8. The topological polar surface area (TPSA) is 73.7 Å². The minimum absolute atomic E-state index is 0. The fourth-order valence-corrected chi connectivity index (χ4v) is 9.86. The molecule has 8 aromatic carbocycles. The number of benzene rings is 8. The van der Waals surface area contributed by atoms with Crippen molar-refractivity contribution in [2.45, 2.75) is 12.8 Å². The van der Waals surface area contributed by atoms with Crippen LogP contribution in [0.5, 0.6) is 11.5 Å². The number of fused-ring (bicyclic) bond motifs is 10. The predicted octanol–water partition coefficient (Wildman–Crippen LogP) is 16.2. The van der Waals surface area contributed by atoms with Crippen LogP contribution < -0.4 is 4.74 Å². The van der Waals surface area contributed by atoms with Crippen LogP contribution in [0.25, 0.3) is 112 Å². The summed E-state index contributed by atoms with van der Waals surface area (Å²) >= 11 is 0. The van der Waals surface area contributed by atoms with Crippen molar-refractivity contribution in [1.82, 2.24) is 24.9 Å². The van der Waals surface area contributed by atoms with Gasteiger partial charge in [0.05, 0.1) is 0 Å². The van der Waals surface area contributed by atoms with Crippen LogP contribution >= 0.6 is 0 Å². The minimum Gasteiger partial charge on any atom is -0.515 e. The molecular formula is C69H42IrN5OPt. The zero-order valence-corrected chi connectivity index (χ0v) is 45.8. The molecule has 1 aliphatic heterocycles. The van der Waals surface area contributed by atoms with Gasteiger partial charge in [0.2, 0.25) is 0 Å². The normalized spacial score (nSPS) is 11.4. The second kappa shape index (κ2) is 22.7. The maximum atomic E-state index is 6.92. The molecule has 0 saturated heterocycles. The van der Waals surface area contributed by atoms with Gasteiger partial charge in [-0.3, -0.25) is 6.07 Å². The van der Waals surface area contributed by atoms with Gasteiger partial charge >= 0.3 is 41.2 Å². The van der Waals surface area contributed by atoms with E-state index in [1.807, 2.05) is 91.3 Å². The summed E-state index contributed by atoms with van der Waals surface area (Å²) in [7, 11) is 0. The summed E-state index contributed by atoms with van der Waals surface area (Å²) in [5.41, 5.74) is 20.1. The Morgan fingerprint density at radius 2 is 0.883 bits per heavy atom. The molecule has 6 nitrogen and oxygen atoms in total. The van der Waals surface area contributed by atoms with Gasteiger partial charge in [0.15, 0.2) is 0 Å². The van der Waals surface area contributed by atoms with Gasteiger partial charge in [0, 0.05) is 35.7 Å². The van der Waals surface area contributed by atoms with Crippen molar-refractivity contribution in [3.8, 4) is 123 Å². The predicted molar refractivity (Wildman–Crippen MR) is 298 cm³/mol. The summed E-state index contributed by atoms with van der Waals surface area (Å²) in [6.07, 6.45) is 6.85. The van der Waals surface area contributed by atoms with Gasteiger partial charge in [0.1, 0.15) is 0 Å². The first kappa shape index (κ1) is 50.6. The van der Waals surface area contributed by atoms with Crippen LogP contribution in [0.15, 0.2) is 231 Å². The molecule has 5 heterocycles. The molecule has 4 aromatic heterocycles. The molecule has 13 rings (SSSR count). The molecule has 0 saturated carbocycles. The van der Waals surface area contributed by atoms with Crippen LogP contribution in [-0.4, -0.2) is 24.9 Å². The van der Waals surface area contributed by atoms with Gasteiger partial charge in [-0.05, 0) is 117 Å². The fourth-order valence-electron chi connectivity index (χ4n) is 9.86. The van der Waals surface area contributed by atoms with E-state index < -0.39 is 0 Å². The average Bonchev–Trinajstić information content (AvgIpc) is 3.49. The molecule has 77 heavy (non-hydrogen) atoms. The molecule has 0 amide bonds. The SMILES string of the molecule is [Ir+3].[Pt+2].[c-]1cc(-c2ccccc2-c2cc(-c3ccccc3-c3c[c-]c(-c4ccccn4)cc3)cc(-c3ccccc3-c3c[c-]c(-c4ccccn4)cc3)c2)c2[c-]c1-c1nccc(n1)CCc1cccc(n1)-c1[c-]c(ccc1)O2. The van der Waals surface area contributed by atoms with E-state index in [1.165, 1.54) is 0 Å². The average molecular weight is 1340 g/mol. The number of hydrogen-bond donors (Lipinski definition) is 0. The van der Waals surface area contributed by atoms with E-state index in [0.29, 0.717) is 29.3 Å².